The molecule has 0 aliphatic rings. The zero-order chi connectivity index (χ0) is 17.0. The quantitative estimate of drug-likeness (QED) is 0.600. The Balaban J connectivity index is 2.16. The number of carboxylic acid groups (broad SMARTS) is 1. The van der Waals surface area contributed by atoms with Crippen molar-refractivity contribution >= 4 is 11.7 Å². The van der Waals surface area contributed by atoms with Gasteiger partial charge in [0, 0.05) is 6.07 Å². The predicted molar refractivity (Wildman–Crippen MR) is 83.9 cm³/mol. The van der Waals surface area contributed by atoms with Gasteiger partial charge >= 0.3 is 5.97 Å². The van der Waals surface area contributed by atoms with E-state index in [0.717, 1.165) is 0 Å². The number of carboxylic acids is 1. The van der Waals surface area contributed by atoms with Gasteiger partial charge in [0.15, 0.2) is 0 Å². The Morgan fingerprint density at radius 3 is 2.61 bits per heavy atom. The first-order chi connectivity index (χ1) is 10.9. The molecular weight excluding hydrogens is 300 g/mol. The van der Waals surface area contributed by atoms with Crippen molar-refractivity contribution in [1.29, 1.82) is 0 Å². The summed E-state index contributed by atoms with van der Waals surface area (Å²) in [6.45, 7) is 3.86. The first-order valence-electron chi connectivity index (χ1n) is 7.19. The molecule has 0 spiro atoms. The molecule has 0 amide bonds. The van der Waals surface area contributed by atoms with Gasteiger partial charge in [0.25, 0.3) is 5.69 Å². The van der Waals surface area contributed by atoms with Crippen LogP contribution in [0.4, 0.5) is 5.69 Å². The summed E-state index contributed by atoms with van der Waals surface area (Å²) in [6.07, 6.45) is 0. The zero-order valence-corrected chi connectivity index (χ0v) is 12.9. The van der Waals surface area contributed by atoms with E-state index in [0.29, 0.717) is 17.1 Å². The number of nitrogens with one attached hydrogen (secondary N) is 1. The Kier molecular flexibility index (Phi) is 5.13. The fourth-order valence-corrected chi connectivity index (χ4v) is 2.28. The largest absolute Gasteiger partial charge is 0.480 e. The molecule has 0 saturated heterocycles. The number of aliphatic carboxylic acids is 1. The topological polar surface area (TPSA) is 106 Å². The molecule has 0 aliphatic heterocycles. The highest BCUT2D eigenvalue weighted by atomic mass is 16.6. The fourth-order valence-electron chi connectivity index (χ4n) is 2.28. The van der Waals surface area contributed by atoms with Crippen LogP contribution >= 0.6 is 0 Å². The average molecular weight is 318 g/mol. The maximum Gasteiger partial charge on any atom is 0.320 e. The van der Waals surface area contributed by atoms with Crippen molar-refractivity contribution in [3.05, 3.63) is 52.3 Å². The van der Waals surface area contributed by atoms with E-state index in [9.17, 15) is 14.9 Å². The lowest BCUT2D eigenvalue weighted by molar-refractivity contribution is -0.384. The van der Waals surface area contributed by atoms with Crippen LogP contribution in [0.1, 0.15) is 19.6 Å². The third kappa shape index (κ3) is 3.95. The van der Waals surface area contributed by atoms with Crippen molar-refractivity contribution in [3.8, 4) is 11.3 Å². The van der Waals surface area contributed by atoms with E-state index in [-0.39, 0.29) is 18.2 Å². The number of para-hydroxylation sites is 1. The summed E-state index contributed by atoms with van der Waals surface area (Å²) in [7, 11) is 0. The lowest BCUT2D eigenvalue weighted by atomic mass is 10.1. The van der Waals surface area contributed by atoms with Crippen molar-refractivity contribution in [3.63, 3.8) is 0 Å². The second-order valence-corrected chi connectivity index (χ2v) is 5.48. The molecule has 0 radical (unpaired) electrons. The number of nitro benzene ring substituents is 1. The summed E-state index contributed by atoms with van der Waals surface area (Å²) in [5, 5.41) is 23.1. The van der Waals surface area contributed by atoms with E-state index in [2.05, 4.69) is 5.32 Å². The van der Waals surface area contributed by atoms with Gasteiger partial charge in [-0.05, 0) is 24.1 Å². The minimum absolute atomic E-state index is 0.0352. The third-order valence-electron chi connectivity index (χ3n) is 3.46. The van der Waals surface area contributed by atoms with E-state index in [1.807, 2.05) is 13.8 Å². The van der Waals surface area contributed by atoms with E-state index in [1.54, 1.807) is 30.3 Å². The molecule has 0 fully saturated rings. The molecule has 1 heterocycles. The number of benzene rings is 1. The van der Waals surface area contributed by atoms with Crippen LogP contribution in [0.3, 0.4) is 0 Å². The summed E-state index contributed by atoms with van der Waals surface area (Å²) >= 11 is 0. The van der Waals surface area contributed by atoms with Crippen LogP contribution in [-0.2, 0) is 11.3 Å². The monoisotopic (exact) mass is 318 g/mol. The smallest absolute Gasteiger partial charge is 0.320 e. The van der Waals surface area contributed by atoms with Crippen molar-refractivity contribution in [1.82, 2.24) is 5.32 Å². The number of rotatable bonds is 7. The van der Waals surface area contributed by atoms with Gasteiger partial charge in [-0.25, -0.2) is 0 Å². The Hall–Kier alpha value is -2.67. The summed E-state index contributed by atoms with van der Waals surface area (Å²) in [6, 6.07) is 8.95. The number of nitro groups is 1. The Labute approximate surface area is 133 Å². The zero-order valence-electron chi connectivity index (χ0n) is 12.9. The SMILES string of the molecule is CC(C)[C@H](NCc1ccc(-c2ccccc2[N+](=O)[O-])o1)C(=O)O. The molecule has 0 unspecified atom stereocenters. The number of hydrogen-bond acceptors (Lipinski definition) is 5. The molecular formula is C16H18N2O5. The standard InChI is InChI=1S/C16H18N2O5/c1-10(2)15(16(19)20)17-9-11-7-8-14(23-11)12-5-3-4-6-13(12)18(21)22/h3-8,10,15,17H,9H2,1-2H3,(H,19,20)/t15-/m0/s1. The second-order valence-electron chi connectivity index (χ2n) is 5.48. The van der Waals surface area contributed by atoms with Crippen LogP contribution in [0.25, 0.3) is 11.3 Å². The minimum Gasteiger partial charge on any atom is -0.480 e. The maximum absolute atomic E-state index is 11.1. The molecule has 23 heavy (non-hydrogen) atoms. The Bertz CT molecular complexity index is 708. The molecule has 0 aliphatic carbocycles. The van der Waals surface area contributed by atoms with Gasteiger partial charge in [-0.2, -0.15) is 0 Å². The fraction of sp³-hybridized carbons (Fsp3) is 0.312. The van der Waals surface area contributed by atoms with Gasteiger partial charge in [0.1, 0.15) is 17.6 Å². The molecule has 2 aromatic rings. The Morgan fingerprint density at radius 2 is 2.00 bits per heavy atom. The highest BCUT2D eigenvalue weighted by molar-refractivity contribution is 5.73. The molecule has 0 bridgehead atoms. The van der Waals surface area contributed by atoms with Gasteiger partial charge in [-0.3, -0.25) is 20.2 Å². The lowest BCUT2D eigenvalue weighted by Crippen LogP contribution is -2.40. The minimum atomic E-state index is -0.925. The molecule has 1 aromatic carbocycles. The predicted octanol–water partition coefficient (Wildman–Crippen LogP) is 3.05. The third-order valence-corrected chi connectivity index (χ3v) is 3.46. The summed E-state index contributed by atoms with van der Waals surface area (Å²) in [5.41, 5.74) is 0.356. The molecule has 2 N–H and O–H groups in total. The van der Waals surface area contributed by atoms with Crippen molar-refractivity contribution < 1.29 is 19.2 Å². The summed E-state index contributed by atoms with van der Waals surface area (Å²) in [5.74, 6) is -0.0989. The summed E-state index contributed by atoms with van der Waals surface area (Å²) < 4.78 is 5.61. The Morgan fingerprint density at radius 1 is 1.30 bits per heavy atom. The number of carbonyl (C=O) groups is 1. The van der Waals surface area contributed by atoms with Gasteiger partial charge in [0.2, 0.25) is 0 Å². The van der Waals surface area contributed by atoms with Gasteiger partial charge in [0.05, 0.1) is 17.0 Å². The second kappa shape index (κ2) is 7.06. The molecule has 0 saturated carbocycles. The highest BCUT2D eigenvalue weighted by Gasteiger charge is 2.21. The first kappa shape index (κ1) is 16.7. The molecule has 7 heteroatoms. The average Bonchev–Trinajstić information content (AvgIpc) is 2.95. The summed E-state index contributed by atoms with van der Waals surface area (Å²) in [4.78, 5) is 21.7. The van der Waals surface area contributed by atoms with Crippen LogP contribution in [0.2, 0.25) is 0 Å². The van der Waals surface area contributed by atoms with E-state index < -0.39 is 16.9 Å². The molecule has 2 rings (SSSR count). The van der Waals surface area contributed by atoms with Gasteiger partial charge < -0.3 is 9.52 Å². The van der Waals surface area contributed by atoms with E-state index >= 15 is 0 Å². The number of hydrogen-bond donors (Lipinski definition) is 2. The van der Waals surface area contributed by atoms with Crippen molar-refractivity contribution in [2.24, 2.45) is 5.92 Å². The normalized spacial score (nSPS) is 12.3. The molecule has 122 valence electrons. The van der Waals surface area contributed by atoms with Crippen LogP contribution in [0.5, 0.6) is 0 Å². The van der Waals surface area contributed by atoms with Crippen LogP contribution in [0.15, 0.2) is 40.8 Å². The molecule has 1 atom stereocenters. The number of nitrogens with zero attached hydrogens (tertiary/aromatic N) is 1. The first-order valence-corrected chi connectivity index (χ1v) is 7.19. The molecule has 1 aromatic heterocycles. The van der Waals surface area contributed by atoms with E-state index in [4.69, 9.17) is 9.52 Å². The molecule has 7 nitrogen and oxygen atoms in total. The van der Waals surface area contributed by atoms with Crippen LogP contribution in [0, 0.1) is 16.0 Å². The van der Waals surface area contributed by atoms with E-state index in [1.165, 1.54) is 6.07 Å². The number of furan rings is 1. The van der Waals surface area contributed by atoms with Crippen molar-refractivity contribution in [2.45, 2.75) is 26.4 Å². The highest BCUT2D eigenvalue weighted by Crippen LogP contribution is 2.30. The van der Waals surface area contributed by atoms with Crippen LogP contribution < -0.4 is 5.32 Å². The van der Waals surface area contributed by atoms with Crippen LogP contribution in [-0.4, -0.2) is 22.0 Å². The van der Waals surface area contributed by atoms with Gasteiger partial charge in [-0.1, -0.05) is 26.0 Å². The maximum atomic E-state index is 11.1. The lowest BCUT2D eigenvalue weighted by Gasteiger charge is -2.16. The van der Waals surface area contributed by atoms with Crippen molar-refractivity contribution in [2.75, 3.05) is 0 Å². The van der Waals surface area contributed by atoms with Gasteiger partial charge in [-0.15, -0.1) is 0 Å².